The number of carbonyl (C=O) groups is 1. The molecule has 0 radical (unpaired) electrons. The van der Waals surface area contributed by atoms with Gasteiger partial charge in [0, 0.05) is 43.3 Å². The van der Waals surface area contributed by atoms with Crippen molar-refractivity contribution in [1.82, 2.24) is 4.90 Å². The van der Waals surface area contributed by atoms with Crippen LogP contribution in [0.15, 0.2) is 72.8 Å². The average Bonchev–Trinajstić information content (AvgIpc) is 2.81. The second-order valence-corrected chi connectivity index (χ2v) is 8.24. The van der Waals surface area contributed by atoms with E-state index < -0.39 is 5.91 Å². The first-order valence-electron chi connectivity index (χ1n) is 10.2. The molecule has 5 nitrogen and oxygen atoms in total. The number of rotatable bonds is 4. The Kier molecular flexibility index (Phi) is 8.52. The van der Waals surface area contributed by atoms with Crippen molar-refractivity contribution in [3.8, 4) is 6.07 Å². The van der Waals surface area contributed by atoms with Gasteiger partial charge in [0.15, 0.2) is 0 Å². The van der Waals surface area contributed by atoms with Crippen molar-refractivity contribution in [2.75, 3.05) is 31.1 Å². The molecule has 3 aromatic rings. The highest BCUT2D eigenvalue weighted by Gasteiger charge is 2.19. The maximum absolute atomic E-state index is 11.2. The lowest BCUT2D eigenvalue weighted by molar-refractivity contribution is 0.100. The zero-order valence-corrected chi connectivity index (χ0v) is 19.1. The summed E-state index contributed by atoms with van der Waals surface area (Å²) in [7, 11) is 0. The van der Waals surface area contributed by atoms with E-state index in [9.17, 15) is 4.79 Å². The molecule has 2 N–H and O–H groups in total. The van der Waals surface area contributed by atoms with Crippen LogP contribution < -0.4 is 10.6 Å². The van der Waals surface area contributed by atoms with Crippen LogP contribution in [0.5, 0.6) is 0 Å². The molecule has 1 heterocycles. The summed E-state index contributed by atoms with van der Waals surface area (Å²) in [4.78, 5) is 15.8. The molecule has 0 atom stereocenters. The quantitative estimate of drug-likeness (QED) is 0.588. The van der Waals surface area contributed by atoms with E-state index in [1.165, 1.54) is 5.56 Å². The number of nitriles is 1. The third-order valence-electron chi connectivity index (χ3n) is 5.17. The van der Waals surface area contributed by atoms with Crippen molar-refractivity contribution in [1.29, 1.82) is 5.26 Å². The predicted molar refractivity (Wildman–Crippen MR) is 130 cm³/mol. The van der Waals surface area contributed by atoms with Crippen molar-refractivity contribution in [3.05, 3.63) is 99.5 Å². The molecule has 0 unspecified atom stereocenters. The lowest BCUT2D eigenvalue weighted by Gasteiger charge is -2.36. The van der Waals surface area contributed by atoms with Gasteiger partial charge in [-0.3, -0.25) is 9.69 Å². The Morgan fingerprint density at radius 2 is 1.59 bits per heavy atom. The lowest BCUT2D eigenvalue weighted by Crippen LogP contribution is -2.46. The van der Waals surface area contributed by atoms with E-state index in [0.717, 1.165) is 43.4 Å². The summed E-state index contributed by atoms with van der Waals surface area (Å²) in [5.74, 6) is -0.472. The summed E-state index contributed by atoms with van der Waals surface area (Å²) in [6.07, 6.45) is 0. The summed E-state index contributed by atoms with van der Waals surface area (Å²) in [6, 6.07) is 24.5. The number of halogens is 2. The summed E-state index contributed by atoms with van der Waals surface area (Å²) in [6.45, 7) is 4.45. The molecule has 1 saturated heterocycles. The maximum atomic E-state index is 11.2. The molecule has 7 heteroatoms. The van der Waals surface area contributed by atoms with Gasteiger partial charge in [-0.25, -0.2) is 0 Å². The average molecular weight is 467 g/mol. The van der Waals surface area contributed by atoms with Crippen molar-refractivity contribution >= 4 is 34.8 Å². The standard InChI is InChI=1S/C19H19ClN4O.C6H5Cl/c20-17-11-16(19(22)25)5-6-18(17)24-9-7-23(8-10-24)13-15-3-1-14(12-21)2-4-15;7-6-4-2-1-3-5-6/h1-6,11H,7-10,13H2,(H2,22,25);1-5H. The van der Waals surface area contributed by atoms with E-state index >= 15 is 0 Å². The number of piperazine rings is 1. The molecular weight excluding hydrogens is 443 g/mol. The summed E-state index contributed by atoms with van der Waals surface area (Å²) < 4.78 is 0. The third kappa shape index (κ3) is 6.73. The molecular formula is C25H24Cl2N4O. The van der Waals surface area contributed by atoms with Crippen LogP contribution in [0.3, 0.4) is 0 Å². The molecule has 3 aromatic carbocycles. The molecule has 4 rings (SSSR count). The number of nitrogens with two attached hydrogens (primary N) is 1. The first-order valence-corrected chi connectivity index (χ1v) is 11.0. The van der Waals surface area contributed by atoms with Gasteiger partial charge in [0.2, 0.25) is 5.91 Å². The highest BCUT2D eigenvalue weighted by atomic mass is 35.5. The van der Waals surface area contributed by atoms with Gasteiger partial charge >= 0.3 is 0 Å². The smallest absolute Gasteiger partial charge is 0.248 e. The Balaban J connectivity index is 0.000000352. The predicted octanol–water partition coefficient (Wildman–Crippen LogP) is 4.97. The van der Waals surface area contributed by atoms with Crippen molar-refractivity contribution in [2.24, 2.45) is 5.73 Å². The fourth-order valence-electron chi connectivity index (χ4n) is 3.42. The highest BCUT2D eigenvalue weighted by Crippen LogP contribution is 2.28. The number of hydrogen-bond acceptors (Lipinski definition) is 4. The second-order valence-electron chi connectivity index (χ2n) is 7.40. The van der Waals surface area contributed by atoms with Gasteiger partial charge in [0.25, 0.3) is 0 Å². The summed E-state index contributed by atoms with van der Waals surface area (Å²) >= 11 is 11.9. The van der Waals surface area contributed by atoms with Crippen LogP contribution in [0.4, 0.5) is 5.69 Å². The van der Waals surface area contributed by atoms with Crippen LogP contribution >= 0.6 is 23.2 Å². The van der Waals surface area contributed by atoms with E-state index in [4.69, 9.17) is 34.2 Å². The number of hydrogen-bond donors (Lipinski definition) is 1. The zero-order chi connectivity index (χ0) is 22.9. The normalized spacial score (nSPS) is 13.6. The van der Waals surface area contributed by atoms with E-state index in [1.807, 2.05) is 60.7 Å². The number of benzene rings is 3. The molecule has 0 saturated carbocycles. The van der Waals surface area contributed by atoms with Gasteiger partial charge in [-0.05, 0) is 48.0 Å². The topological polar surface area (TPSA) is 73.4 Å². The third-order valence-corrected chi connectivity index (χ3v) is 5.72. The lowest BCUT2D eigenvalue weighted by atomic mass is 10.1. The van der Waals surface area contributed by atoms with Crippen LogP contribution in [0.2, 0.25) is 10.0 Å². The Hall–Kier alpha value is -3.04. The number of anilines is 1. The van der Waals surface area contributed by atoms with Gasteiger partial charge < -0.3 is 10.6 Å². The molecule has 0 spiro atoms. The fourth-order valence-corrected chi connectivity index (χ4v) is 3.87. The van der Waals surface area contributed by atoms with Gasteiger partial charge in [-0.1, -0.05) is 53.5 Å². The SMILES string of the molecule is Clc1ccccc1.N#Cc1ccc(CN2CCN(c3ccc(C(N)=O)cc3Cl)CC2)cc1. The van der Waals surface area contributed by atoms with E-state index in [2.05, 4.69) is 15.9 Å². The summed E-state index contributed by atoms with van der Waals surface area (Å²) in [5.41, 5.74) is 8.53. The number of primary amides is 1. The number of nitrogens with zero attached hydrogens (tertiary/aromatic N) is 3. The summed E-state index contributed by atoms with van der Waals surface area (Å²) in [5, 5.41) is 10.2. The minimum Gasteiger partial charge on any atom is -0.368 e. The first-order chi connectivity index (χ1) is 15.5. The number of amides is 1. The second kappa shape index (κ2) is 11.5. The molecule has 0 bridgehead atoms. The molecule has 0 aliphatic carbocycles. The monoisotopic (exact) mass is 466 g/mol. The van der Waals surface area contributed by atoms with Crippen molar-refractivity contribution in [2.45, 2.75) is 6.54 Å². The van der Waals surface area contributed by atoms with Crippen molar-refractivity contribution < 1.29 is 4.79 Å². The van der Waals surface area contributed by atoms with Crippen LogP contribution in [0.25, 0.3) is 0 Å². The zero-order valence-electron chi connectivity index (χ0n) is 17.5. The molecule has 1 aliphatic rings. The molecule has 32 heavy (non-hydrogen) atoms. The Bertz CT molecular complexity index is 1070. The van der Waals surface area contributed by atoms with Crippen molar-refractivity contribution in [3.63, 3.8) is 0 Å². The molecule has 1 amide bonds. The van der Waals surface area contributed by atoms with Crippen LogP contribution in [-0.4, -0.2) is 37.0 Å². The Labute approximate surface area is 198 Å². The van der Waals surface area contributed by atoms with Gasteiger partial charge in [-0.2, -0.15) is 5.26 Å². The molecule has 164 valence electrons. The van der Waals surface area contributed by atoms with E-state index in [0.29, 0.717) is 16.1 Å². The van der Waals surface area contributed by atoms with Gasteiger partial charge in [0.05, 0.1) is 22.3 Å². The van der Waals surface area contributed by atoms with Crippen LogP contribution in [0.1, 0.15) is 21.5 Å². The van der Waals surface area contributed by atoms with Gasteiger partial charge in [0.1, 0.15) is 0 Å². The maximum Gasteiger partial charge on any atom is 0.248 e. The molecule has 1 fully saturated rings. The van der Waals surface area contributed by atoms with E-state index in [-0.39, 0.29) is 0 Å². The highest BCUT2D eigenvalue weighted by molar-refractivity contribution is 6.33. The Morgan fingerprint density at radius 1 is 0.938 bits per heavy atom. The first kappa shape index (κ1) is 23.6. The largest absolute Gasteiger partial charge is 0.368 e. The molecule has 0 aromatic heterocycles. The van der Waals surface area contributed by atoms with Gasteiger partial charge in [-0.15, -0.1) is 0 Å². The van der Waals surface area contributed by atoms with Crippen LogP contribution in [-0.2, 0) is 6.54 Å². The van der Waals surface area contributed by atoms with Crippen LogP contribution in [0, 0.1) is 11.3 Å². The minimum atomic E-state index is -0.472. The Morgan fingerprint density at radius 3 is 2.09 bits per heavy atom. The minimum absolute atomic E-state index is 0.424. The number of carbonyl (C=O) groups excluding carboxylic acids is 1. The molecule has 1 aliphatic heterocycles. The van der Waals surface area contributed by atoms with E-state index in [1.54, 1.807) is 12.1 Å². The fraction of sp³-hybridized carbons (Fsp3) is 0.200.